The molecule has 3 rings (SSSR count). The number of para-hydroxylation sites is 1. The Hall–Kier alpha value is -3.12. The van der Waals surface area contributed by atoms with Crippen molar-refractivity contribution in [3.63, 3.8) is 0 Å². The molecule has 0 radical (unpaired) electrons. The summed E-state index contributed by atoms with van der Waals surface area (Å²) in [6, 6.07) is 24.0. The zero-order valence-electron chi connectivity index (χ0n) is 16.2. The Morgan fingerprint density at radius 1 is 0.862 bits per heavy atom. The third-order valence-corrected chi connectivity index (χ3v) is 5.20. The van der Waals surface area contributed by atoms with Gasteiger partial charge in [0, 0.05) is 18.4 Å². The van der Waals surface area contributed by atoms with Crippen LogP contribution in [-0.2, 0) is 28.7 Å². The van der Waals surface area contributed by atoms with Crippen molar-refractivity contribution < 1.29 is 17.9 Å². The standard InChI is InChI=1S/C23H23NO4S/c1-29(26,27)17-18-11-13-19(14-12-18)23(25)24-15-20-7-5-6-8-21(20)16-28-22-9-3-2-4-10-22/h2-14H,15-17H2,1H3,(H,24,25). The topological polar surface area (TPSA) is 72.5 Å². The number of hydrogen-bond acceptors (Lipinski definition) is 4. The van der Waals surface area contributed by atoms with E-state index in [9.17, 15) is 13.2 Å². The highest BCUT2D eigenvalue weighted by Gasteiger charge is 2.09. The average molecular weight is 410 g/mol. The number of hydrogen-bond donors (Lipinski definition) is 1. The first-order chi connectivity index (χ1) is 13.9. The van der Waals surface area contributed by atoms with Crippen molar-refractivity contribution in [1.82, 2.24) is 5.32 Å². The van der Waals surface area contributed by atoms with E-state index in [0.717, 1.165) is 16.9 Å². The van der Waals surface area contributed by atoms with Crippen LogP contribution in [0.3, 0.4) is 0 Å². The van der Waals surface area contributed by atoms with Crippen molar-refractivity contribution in [2.24, 2.45) is 0 Å². The Kier molecular flexibility index (Phi) is 6.67. The summed E-state index contributed by atoms with van der Waals surface area (Å²) in [5.41, 5.74) is 3.12. The fourth-order valence-electron chi connectivity index (χ4n) is 2.88. The molecule has 29 heavy (non-hydrogen) atoms. The lowest BCUT2D eigenvalue weighted by atomic mass is 10.1. The fraction of sp³-hybridized carbons (Fsp3) is 0.174. The molecule has 6 heteroatoms. The Bertz CT molecular complexity index is 1060. The number of carbonyl (C=O) groups is 1. The molecule has 150 valence electrons. The van der Waals surface area contributed by atoms with Gasteiger partial charge in [-0.15, -0.1) is 0 Å². The van der Waals surface area contributed by atoms with Crippen LogP contribution < -0.4 is 10.1 Å². The van der Waals surface area contributed by atoms with Gasteiger partial charge in [-0.1, -0.05) is 54.6 Å². The second-order valence-corrected chi connectivity index (χ2v) is 8.96. The number of ether oxygens (including phenoxy) is 1. The van der Waals surface area contributed by atoms with Gasteiger partial charge >= 0.3 is 0 Å². The van der Waals surface area contributed by atoms with Gasteiger partial charge in [-0.25, -0.2) is 8.42 Å². The fourth-order valence-corrected chi connectivity index (χ4v) is 3.68. The Morgan fingerprint density at radius 3 is 2.14 bits per heavy atom. The molecule has 0 aliphatic heterocycles. The van der Waals surface area contributed by atoms with Crippen LogP contribution in [0.2, 0.25) is 0 Å². The minimum Gasteiger partial charge on any atom is -0.489 e. The number of carbonyl (C=O) groups excluding carboxylic acids is 1. The zero-order valence-corrected chi connectivity index (χ0v) is 17.0. The molecule has 1 N–H and O–H groups in total. The Morgan fingerprint density at radius 2 is 1.48 bits per heavy atom. The molecule has 3 aromatic carbocycles. The summed E-state index contributed by atoms with van der Waals surface area (Å²) >= 11 is 0. The Balaban J connectivity index is 1.60. The molecule has 5 nitrogen and oxygen atoms in total. The highest BCUT2D eigenvalue weighted by Crippen LogP contribution is 2.15. The van der Waals surface area contributed by atoms with Crippen LogP contribution in [0.5, 0.6) is 5.75 Å². The van der Waals surface area contributed by atoms with E-state index < -0.39 is 9.84 Å². The summed E-state index contributed by atoms with van der Waals surface area (Å²) in [5, 5.41) is 2.91. The van der Waals surface area contributed by atoms with Crippen molar-refractivity contribution in [1.29, 1.82) is 0 Å². The van der Waals surface area contributed by atoms with E-state index in [0.29, 0.717) is 24.3 Å². The van der Waals surface area contributed by atoms with Crippen LogP contribution in [0.25, 0.3) is 0 Å². The van der Waals surface area contributed by atoms with Gasteiger partial charge in [0.1, 0.15) is 12.4 Å². The summed E-state index contributed by atoms with van der Waals surface area (Å²) in [6.07, 6.45) is 1.19. The van der Waals surface area contributed by atoms with E-state index in [4.69, 9.17) is 4.74 Å². The molecule has 0 heterocycles. The van der Waals surface area contributed by atoms with Gasteiger partial charge in [-0.3, -0.25) is 4.79 Å². The van der Waals surface area contributed by atoms with Crippen molar-refractivity contribution in [2.45, 2.75) is 18.9 Å². The smallest absolute Gasteiger partial charge is 0.251 e. The summed E-state index contributed by atoms with van der Waals surface area (Å²) in [5.74, 6) is 0.541. The molecule has 0 fully saturated rings. The summed E-state index contributed by atoms with van der Waals surface area (Å²) in [4.78, 5) is 12.4. The minimum atomic E-state index is -3.10. The molecule has 0 spiro atoms. The van der Waals surface area contributed by atoms with E-state index in [-0.39, 0.29) is 11.7 Å². The normalized spacial score (nSPS) is 11.1. The van der Waals surface area contributed by atoms with E-state index >= 15 is 0 Å². The van der Waals surface area contributed by atoms with E-state index in [1.165, 1.54) is 6.26 Å². The van der Waals surface area contributed by atoms with Crippen LogP contribution in [0.1, 0.15) is 27.0 Å². The molecule has 0 atom stereocenters. The molecule has 0 unspecified atom stereocenters. The van der Waals surface area contributed by atoms with Crippen LogP contribution in [-0.4, -0.2) is 20.6 Å². The third kappa shape index (κ3) is 6.47. The van der Waals surface area contributed by atoms with E-state index in [1.807, 2.05) is 54.6 Å². The van der Waals surface area contributed by atoms with Crippen molar-refractivity contribution in [2.75, 3.05) is 6.26 Å². The monoisotopic (exact) mass is 409 g/mol. The first kappa shape index (κ1) is 20.6. The summed E-state index contributed by atoms with van der Waals surface area (Å²) in [7, 11) is -3.10. The van der Waals surface area contributed by atoms with Crippen LogP contribution in [0.15, 0.2) is 78.9 Å². The molecule has 0 aliphatic rings. The first-order valence-corrected chi connectivity index (χ1v) is 11.3. The molecule has 0 bridgehead atoms. The number of rotatable bonds is 8. The SMILES string of the molecule is CS(=O)(=O)Cc1ccc(C(=O)NCc2ccccc2COc2ccccc2)cc1. The zero-order chi connectivity index (χ0) is 20.7. The lowest BCUT2D eigenvalue weighted by Crippen LogP contribution is -2.23. The summed E-state index contributed by atoms with van der Waals surface area (Å²) < 4.78 is 28.5. The highest BCUT2D eigenvalue weighted by molar-refractivity contribution is 7.89. The first-order valence-electron chi connectivity index (χ1n) is 9.20. The molecule has 0 saturated carbocycles. The Labute approximate surface area is 171 Å². The van der Waals surface area contributed by atoms with Gasteiger partial charge in [-0.05, 0) is 41.0 Å². The quantitative estimate of drug-likeness (QED) is 0.615. The maximum Gasteiger partial charge on any atom is 0.251 e. The van der Waals surface area contributed by atoms with Crippen LogP contribution >= 0.6 is 0 Å². The number of amides is 1. The van der Waals surface area contributed by atoms with Gasteiger partial charge in [0.25, 0.3) is 5.91 Å². The molecule has 0 aliphatic carbocycles. The summed E-state index contributed by atoms with van der Waals surface area (Å²) in [6.45, 7) is 0.786. The van der Waals surface area contributed by atoms with Gasteiger partial charge in [0.05, 0.1) is 5.75 Å². The number of nitrogens with one attached hydrogen (secondary N) is 1. The van der Waals surface area contributed by atoms with Crippen molar-refractivity contribution in [3.8, 4) is 5.75 Å². The van der Waals surface area contributed by atoms with E-state index in [1.54, 1.807) is 24.3 Å². The van der Waals surface area contributed by atoms with Crippen LogP contribution in [0, 0.1) is 0 Å². The van der Waals surface area contributed by atoms with Crippen molar-refractivity contribution >= 4 is 15.7 Å². The van der Waals surface area contributed by atoms with Gasteiger partial charge < -0.3 is 10.1 Å². The van der Waals surface area contributed by atoms with Gasteiger partial charge in [-0.2, -0.15) is 0 Å². The third-order valence-electron chi connectivity index (χ3n) is 4.34. The predicted molar refractivity (Wildman–Crippen MR) is 113 cm³/mol. The maximum atomic E-state index is 12.4. The lowest BCUT2D eigenvalue weighted by molar-refractivity contribution is 0.0950. The molecule has 0 saturated heterocycles. The average Bonchev–Trinajstić information content (AvgIpc) is 2.71. The molecule has 0 aromatic heterocycles. The molecular weight excluding hydrogens is 386 g/mol. The predicted octanol–water partition coefficient (Wildman–Crippen LogP) is 3.74. The van der Waals surface area contributed by atoms with Gasteiger partial charge in [0.2, 0.25) is 0 Å². The molecule has 1 amide bonds. The number of sulfone groups is 1. The second kappa shape index (κ2) is 9.39. The maximum absolute atomic E-state index is 12.4. The van der Waals surface area contributed by atoms with Crippen molar-refractivity contribution in [3.05, 3.63) is 101 Å². The molecular formula is C23H23NO4S. The second-order valence-electron chi connectivity index (χ2n) is 6.82. The lowest BCUT2D eigenvalue weighted by Gasteiger charge is -2.12. The highest BCUT2D eigenvalue weighted by atomic mass is 32.2. The van der Waals surface area contributed by atoms with E-state index in [2.05, 4.69) is 5.32 Å². The molecule has 3 aromatic rings. The van der Waals surface area contributed by atoms with Crippen LogP contribution in [0.4, 0.5) is 0 Å². The van der Waals surface area contributed by atoms with Gasteiger partial charge in [0.15, 0.2) is 9.84 Å². The largest absolute Gasteiger partial charge is 0.489 e. The number of benzene rings is 3. The minimum absolute atomic E-state index is 0.0380.